The summed E-state index contributed by atoms with van der Waals surface area (Å²) in [4.78, 5) is 21.3. The minimum atomic E-state index is 0.0386. The quantitative estimate of drug-likeness (QED) is 0.797. The first-order chi connectivity index (χ1) is 12.7. The largest absolute Gasteiger partial charge is 0.336 e. The fourth-order valence-electron chi connectivity index (χ4n) is 3.81. The van der Waals surface area contributed by atoms with Crippen molar-refractivity contribution in [1.82, 2.24) is 20.1 Å². The second-order valence-electron chi connectivity index (χ2n) is 6.61. The van der Waals surface area contributed by atoms with Crippen LogP contribution in [-0.4, -0.2) is 47.0 Å². The molecule has 1 saturated heterocycles. The Labute approximate surface area is 160 Å². The molecule has 26 heavy (non-hydrogen) atoms. The Morgan fingerprint density at radius 3 is 2.77 bits per heavy atom. The minimum Gasteiger partial charge on any atom is -0.336 e. The van der Waals surface area contributed by atoms with Gasteiger partial charge in [0.15, 0.2) is 0 Å². The summed E-state index contributed by atoms with van der Waals surface area (Å²) in [5.74, 6) is 0. The van der Waals surface area contributed by atoms with Gasteiger partial charge in [0, 0.05) is 25.5 Å². The van der Waals surface area contributed by atoms with Crippen molar-refractivity contribution in [3.8, 4) is 0 Å². The van der Waals surface area contributed by atoms with Crippen LogP contribution in [0.3, 0.4) is 0 Å². The molecule has 1 aliphatic heterocycles. The molecule has 5 nitrogen and oxygen atoms in total. The maximum Gasteiger partial charge on any atom is 0.317 e. The van der Waals surface area contributed by atoms with E-state index in [1.807, 2.05) is 17.0 Å². The standard InChI is InChI=1S/C20H28N4OS/c1-3-23(4-2)19(17-9-13-26-15-17)14-22-20(25)24-12-5-6-18(24)16-7-10-21-11-8-16/h7-11,13,15,18-19H,3-6,12,14H2,1-2H3,(H,22,25). The molecule has 0 bridgehead atoms. The van der Waals surface area contributed by atoms with E-state index in [0.29, 0.717) is 6.54 Å². The first-order valence-corrected chi connectivity index (χ1v) is 10.4. The van der Waals surface area contributed by atoms with Crippen LogP contribution in [-0.2, 0) is 0 Å². The first kappa shape index (κ1) is 18.9. The van der Waals surface area contributed by atoms with Crippen molar-refractivity contribution in [3.63, 3.8) is 0 Å². The van der Waals surface area contributed by atoms with Gasteiger partial charge in [-0.25, -0.2) is 4.79 Å². The van der Waals surface area contributed by atoms with E-state index in [1.165, 1.54) is 11.1 Å². The van der Waals surface area contributed by atoms with Crippen molar-refractivity contribution in [2.45, 2.75) is 38.8 Å². The second kappa shape index (κ2) is 9.14. The molecule has 0 saturated carbocycles. The van der Waals surface area contributed by atoms with Gasteiger partial charge in [0.1, 0.15) is 0 Å². The number of likely N-dealkylation sites (tertiary alicyclic amines) is 1. The van der Waals surface area contributed by atoms with Gasteiger partial charge in [0.25, 0.3) is 0 Å². The zero-order chi connectivity index (χ0) is 18.4. The second-order valence-corrected chi connectivity index (χ2v) is 7.39. The van der Waals surface area contributed by atoms with Gasteiger partial charge < -0.3 is 10.2 Å². The number of hydrogen-bond acceptors (Lipinski definition) is 4. The molecule has 2 atom stereocenters. The molecule has 1 aliphatic rings. The highest BCUT2D eigenvalue weighted by Gasteiger charge is 2.30. The zero-order valence-electron chi connectivity index (χ0n) is 15.6. The van der Waals surface area contributed by atoms with Crippen LogP contribution in [0.25, 0.3) is 0 Å². The zero-order valence-corrected chi connectivity index (χ0v) is 16.4. The van der Waals surface area contributed by atoms with Gasteiger partial charge in [-0.1, -0.05) is 13.8 Å². The van der Waals surface area contributed by atoms with E-state index in [9.17, 15) is 4.79 Å². The van der Waals surface area contributed by atoms with Crippen LogP contribution in [0.5, 0.6) is 0 Å². The number of likely N-dealkylation sites (N-methyl/N-ethyl adjacent to an activating group) is 1. The number of aromatic nitrogens is 1. The van der Waals surface area contributed by atoms with Crippen LogP contribution < -0.4 is 5.32 Å². The Morgan fingerprint density at radius 2 is 2.12 bits per heavy atom. The van der Waals surface area contributed by atoms with Gasteiger partial charge in [0.2, 0.25) is 0 Å². The molecule has 3 heterocycles. The number of hydrogen-bond donors (Lipinski definition) is 1. The third kappa shape index (κ3) is 4.24. The molecular formula is C20H28N4OS. The summed E-state index contributed by atoms with van der Waals surface area (Å²) >= 11 is 1.71. The van der Waals surface area contributed by atoms with Crippen LogP contribution in [0.15, 0.2) is 41.4 Å². The lowest BCUT2D eigenvalue weighted by molar-refractivity contribution is 0.179. The van der Waals surface area contributed by atoms with Crippen molar-refractivity contribution in [1.29, 1.82) is 0 Å². The van der Waals surface area contributed by atoms with Gasteiger partial charge in [-0.15, -0.1) is 0 Å². The van der Waals surface area contributed by atoms with E-state index in [1.54, 1.807) is 23.7 Å². The molecule has 0 spiro atoms. The van der Waals surface area contributed by atoms with Crippen molar-refractivity contribution >= 4 is 17.4 Å². The SMILES string of the molecule is CCN(CC)C(CNC(=O)N1CCCC1c1ccncc1)c1ccsc1. The maximum absolute atomic E-state index is 12.9. The lowest BCUT2D eigenvalue weighted by atomic mass is 10.1. The fraction of sp³-hybridized carbons (Fsp3) is 0.500. The van der Waals surface area contributed by atoms with Gasteiger partial charge >= 0.3 is 6.03 Å². The predicted molar refractivity (Wildman–Crippen MR) is 106 cm³/mol. The van der Waals surface area contributed by atoms with Gasteiger partial charge in [-0.05, 0) is 66.0 Å². The molecule has 1 fully saturated rings. The summed E-state index contributed by atoms with van der Waals surface area (Å²) in [6.07, 6.45) is 5.67. The number of thiophene rings is 1. The number of carbonyl (C=O) groups excluding carboxylic acids is 1. The summed E-state index contributed by atoms with van der Waals surface area (Å²) in [5, 5.41) is 7.49. The molecule has 2 aromatic rings. The highest BCUT2D eigenvalue weighted by molar-refractivity contribution is 7.07. The van der Waals surface area contributed by atoms with Crippen molar-refractivity contribution in [2.75, 3.05) is 26.2 Å². The molecule has 6 heteroatoms. The summed E-state index contributed by atoms with van der Waals surface area (Å²) < 4.78 is 0. The molecule has 1 N–H and O–H groups in total. The third-order valence-electron chi connectivity index (χ3n) is 5.23. The van der Waals surface area contributed by atoms with E-state index >= 15 is 0 Å². The molecule has 0 aromatic carbocycles. The molecule has 2 amide bonds. The Morgan fingerprint density at radius 1 is 1.35 bits per heavy atom. The summed E-state index contributed by atoms with van der Waals surface area (Å²) in [6.45, 7) is 7.73. The average Bonchev–Trinajstić information content (AvgIpc) is 3.37. The maximum atomic E-state index is 12.9. The third-order valence-corrected chi connectivity index (χ3v) is 5.93. The normalized spacial score (nSPS) is 18.3. The van der Waals surface area contributed by atoms with Crippen molar-refractivity contribution < 1.29 is 4.79 Å². The topological polar surface area (TPSA) is 48.5 Å². The summed E-state index contributed by atoms with van der Waals surface area (Å²) in [5.41, 5.74) is 2.46. The molecular weight excluding hydrogens is 344 g/mol. The van der Waals surface area contributed by atoms with Crippen LogP contribution in [0.4, 0.5) is 4.79 Å². The highest BCUT2D eigenvalue weighted by atomic mass is 32.1. The number of rotatable bonds is 7. The van der Waals surface area contributed by atoms with Crippen LogP contribution in [0.1, 0.15) is 49.9 Å². The van der Waals surface area contributed by atoms with E-state index in [4.69, 9.17) is 0 Å². The Hall–Kier alpha value is -1.92. The van der Waals surface area contributed by atoms with Gasteiger partial charge in [-0.2, -0.15) is 11.3 Å². The molecule has 2 aromatic heterocycles. The summed E-state index contributed by atoms with van der Waals surface area (Å²) in [7, 11) is 0. The Balaban J connectivity index is 1.66. The van der Waals surface area contributed by atoms with Crippen molar-refractivity contribution in [3.05, 3.63) is 52.5 Å². The van der Waals surface area contributed by atoms with E-state index in [0.717, 1.165) is 32.5 Å². The van der Waals surface area contributed by atoms with Crippen LogP contribution in [0, 0.1) is 0 Å². The van der Waals surface area contributed by atoms with Crippen molar-refractivity contribution in [2.24, 2.45) is 0 Å². The highest BCUT2D eigenvalue weighted by Crippen LogP contribution is 2.31. The van der Waals surface area contributed by atoms with E-state index in [2.05, 4.69) is 45.9 Å². The van der Waals surface area contributed by atoms with Crippen LogP contribution in [0.2, 0.25) is 0 Å². The number of amides is 2. The van der Waals surface area contributed by atoms with E-state index in [-0.39, 0.29) is 18.1 Å². The number of urea groups is 1. The fourth-order valence-corrected chi connectivity index (χ4v) is 4.52. The molecule has 140 valence electrons. The number of pyridine rings is 1. The monoisotopic (exact) mass is 372 g/mol. The minimum absolute atomic E-state index is 0.0386. The van der Waals surface area contributed by atoms with E-state index < -0.39 is 0 Å². The number of nitrogens with zero attached hydrogens (tertiary/aromatic N) is 3. The summed E-state index contributed by atoms with van der Waals surface area (Å²) in [6, 6.07) is 6.61. The van der Waals surface area contributed by atoms with Crippen LogP contribution >= 0.6 is 11.3 Å². The predicted octanol–water partition coefficient (Wildman–Crippen LogP) is 4.07. The number of carbonyl (C=O) groups is 1. The molecule has 0 radical (unpaired) electrons. The smallest absolute Gasteiger partial charge is 0.317 e. The van der Waals surface area contributed by atoms with Gasteiger partial charge in [-0.3, -0.25) is 9.88 Å². The lowest BCUT2D eigenvalue weighted by Crippen LogP contribution is -2.44. The average molecular weight is 373 g/mol. The van der Waals surface area contributed by atoms with Gasteiger partial charge in [0.05, 0.1) is 12.1 Å². The Kier molecular flexibility index (Phi) is 6.63. The lowest BCUT2D eigenvalue weighted by Gasteiger charge is -2.31. The Bertz CT molecular complexity index is 672. The number of nitrogens with one attached hydrogen (secondary N) is 1. The molecule has 0 aliphatic carbocycles. The molecule has 2 unspecified atom stereocenters. The first-order valence-electron chi connectivity index (χ1n) is 9.45. The molecule has 3 rings (SSSR count).